The number of carbonyl (C=O) groups is 4. The Bertz CT molecular complexity index is 1860. The fraction of sp³-hybridized carbons (Fsp3) is 0.188. The van der Waals surface area contributed by atoms with Gasteiger partial charge in [-0.25, -0.2) is 0 Å². The average Bonchev–Trinajstić information content (AvgIpc) is 3.25. The number of imide groups is 1. The van der Waals surface area contributed by atoms with Crippen LogP contribution in [-0.4, -0.2) is 45.7 Å². The fourth-order valence-electron chi connectivity index (χ4n) is 7.15. The molecule has 1 heterocycles. The predicted molar refractivity (Wildman–Crippen MR) is 159 cm³/mol. The molecule has 3 aliphatic carbocycles. The zero-order valence-corrected chi connectivity index (χ0v) is 23.6. The van der Waals surface area contributed by atoms with Crippen LogP contribution in [0.3, 0.4) is 0 Å². The van der Waals surface area contributed by atoms with Crippen molar-refractivity contribution in [3.05, 3.63) is 99.6 Å². The molecule has 2 amide bonds. The van der Waals surface area contributed by atoms with Gasteiger partial charge in [-0.1, -0.05) is 60.2 Å². The third-order valence-corrected chi connectivity index (χ3v) is 9.59. The van der Waals surface area contributed by atoms with Crippen LogP contribution in [0.5, 0.6) is 5.75 Å². The van der Waals surface area contributed by atoms with Crippen LogP contribution >= 0.6 is 15.9 Å². The van der Waals surface area contributed by atoms with Gasteiger partial charge in [-0.05, 0) is 57.7 Å². The summed E-state index contributed by atoms with van der Waals surface area (Å²) in [6.07, 6.45) is 3.49. The average molecular weight is 624 g/mol. The zero-order chi connectivity index (χ0) is 29.4. The molecule has 42 heavy (non-hydrogen) atoms. The lowest BCUT2D eigenvalue weighted by atomic mass is 9.59. The Labute approximate surface area is 248 Å². The van der Waals surface area contributed by atoms with Crippen LogP contribution in [0.15, 0.2) is 94.0 Å². The van der Waals surface area contributed by atoms with Crippen molar-refractivity contribution in [1.29, 1.82) is 0 Å². The third kappa shape index (κ3) is 3.82. The van der Waals surface area contributed by atoms with E-state index in [-0.39, 0.29) is 56.9 Å². The van der Waals surface area contributed by atoms with Crippen LogP contribution in [-0.2, 0) is 19.2 Å². The standard InChI is InChI=1S/C32H23BBrNO7/c34-24-14-25(36)28-23(30(24)38)13-22-19(26(28)20-9-8-15-4-1-2-7-18(15)29(20)37)10-11-21-27(22)32(40)35(31(21)39)17-6-3-5-16(12-17)33(41)42/h1-10,12,14,21-22,26-27,37,41-42H,11,13H2/t21-,22+,26+,27-/m0/s1. The number of amides is 2. The molecule has 0 unspecified atom stereocenters. The first kappa shape index (κ1) is 26.8. The molecule has 7 rings (SSSR count). The first-order valence-corrected chi connectivity index (χ1v) is 14.4. The van der Waals surface area contributed by atoms with Crippen molar-refractivity contribution in [3.8, 4) is 5.75 Å². The van der Waals surface area contributed by atoms with Gasteiger partial charge in [-0.2, -0.15) is 0 Å². The molecule has 0 aromatic heterocycles. The van der Waals surface area contributed by atoms with Crippen LogP contribution < -0.4 is 10.4 Å². The van der Waals surface area contributed by atoms with E-state index in [9.17, 15) is 34.3 Å². The van der Waals surface area contributed by atoms with Crippen LogP contribution in [0, 0.1) is 17.8 Å². The second-order valence-corrected chi connectivity index (χ2v) is 12.0. The minimum absolute atomic E-state index is 0.00248. The number of aromatic hydroxyl groups is 1. The van der Waals surface area contributed by atoms with Crippen molar-refractivity contribution in [2.75, 3.05) is 4.90 Å². The van der Waals surface area contributed by atoms with E-state index in [2.05, 4.69) is 15.9 Å². The molecule has 0 radical (unpaired) electrons. The van der Waals surface area contributed by atoms with Gasteiger partial charge in [0.05, 0.1) is 22.0 Å². The van der Waals surface area contributed by atoms with Crippen molar-refractivity contribution in [3.63, 3.8) is 0 Å². The van der Waals surface area contributed by atoms with Gasteiger partial charge >= 0.3 is 7.12 Å². The van der Waals surface area contributed by atoms with E-state index in [1.165, 1.54) is 18.2 Å². The molecule has 1 fully saturated rings. The number of rotatable bonds is 3. The third-order valence-electron chi connectivity index (χ3n) is 9.00. The molecule has 1 saturated heterocycles. The first-order valence-electron chi connectivity index (χ1n) is 13.6. The predicted octanol–water partition coefficient (Wildman–Crippen LogP) is 3.19. The maximum atomic E-state index is 14.1. The summed E-state index contributed by atoms with van der Waals surface area (Å²) < 4.78 is 0.127. The molecule has 3 aromatic rings. The number of allylic oxidation sites excluding steroid dienone is 6. The monoisotopic (exact) mass is 623 g/mol. The van der Waals surface area contributed by atoms with Crippen LogP contribution in [0.1, 0.15) is 24.3 Å². The SMILES string of the molecule is O=C1C=C(Br)C(=O)C2=C1[C@@H](c1ccc3ccccc3c1O)C1=CC[C@@H]3C(=O)N(c4cccc(B(O)O)c4)C(=O)[C@@H]3[C@@H]1C2. The lowest BCUT2D eigenvalue weighted by molar-refractivity contribution is -0.123. The largest absolute Gasteiger partial charge is 0.507 e. The normalized spacial score (nSPS) is 25.3. The fourth-order valence-corrected chi connectivity index (χ4v) is 7.59. The Hall–Kier alpha value is -4.12. The number of anilines is 1. The highest BCUT2D eigenvalue weighted by Gasteiger charge is 2.57. The molecule has 3 aromatic carbocycles. The molecule has 208 valence electrons. The van der Waals surface area contributed by atoms with E-state index in [1.807, 2.05) is 30.3 Å². The number of hydrogen-bond donors (Lipinski definition) is 3. The highest BCUT2D eigenvalue weighted by atomic mass is 79.9. The number of phenolic OH excluding ortho intramolecular Hbond substituents is 1. The summed E-state index contributed by atoms with van der Waals surface area (Å²) in [7, 11) is -1.77. The Kier molecular flexibility index (Phi) is 6.20. The summed E-state index contributed by atoms with van der Waals surface area (Å²) in [6.45, 7) is 0. The second kappa shape index (κ2) is 9.73. The molecule has 3 N–H and O–H groups in total. The Morgan fingerprint density at radius 2 is 1.69 bits per heavy atom. The van der Waals surface area contributed by atoms with E-state index in [4.69, 9.17) is 0 Å². The number of phenols is 1. The molecule has 8 nitrogen and oxygen atoms in total. The molecule has 4 atom stereocenters. The van der Waals surface area contributed by atoms with Crippen molar-refractivity contribution in [1.82, 2.24) is 0 Å². The van der Waals surface area contributed by atoms with Crippen LogP contribution in [0.2, 0.25) is 0 Å². The second-order valence-electron chi connectivity index (χ2n) is 11.1. The van der Waals surface area contributed by atoms with E-state index in [0.29, 0.717) is 10.9 Å². The number of benzene rings is 3. The molecule has 4 aliphatic rings. The molecule has 0 saturated carbocycles. The molecular formula is C32H23BBrNO7. The van der Waals surface area contributed by atoms with Crippen molar-refractivity contribution in [2.24, 2.45) is 17.8 Å². The molecular weight excluding hydrogens is 601 g/mol. The van der Waals surface area contributed by atoms with Crippen molar-refractivity contribution < 1.29 is 34.3 Å². The van der Waals surface area contributed by atoms with Gasteiger partial charge in [0, 0.05) is 34.1 Å². The first-order chi connectivity index (χ1) is 20.2. The van der Waals surface area contributed by atoms with Gasteiger partial charge in [0.1, 0.15) is 5.75 Å². The zero-order valence-electron chi connectivity index (χ0n) is 22.0. The Morgan fingerprint density at radius 3 is 2.48 bits per heavy atom. The highest BCUT2D eigenvalue weighted by Crippen LogP contribution is 2.57. The summed E-state index contributed by atoms with van der Waals surface area (Å²) in [5, 5.41) is 32.2. The molecule has 10 heteroatoms. The lowest BCUT2D eigenvalue weighted by Crippen LogP contribution is -2.39. The quantitative estimate of drug-likeness (QED) is 0.177. The minimum atomic E-state index is -1.77. The number of nitrogens with zero attached hydrogens (tertiary/aromatic N) is 1. The minimum Gasteiger partial charge on any atom is -0.507 e. The number of carbonyl (C=O) groups excluding carboxylic acids is 4. The van der Waals surface area contributed by atoms with Gasteiger partial charge in [0.2, 0.25) is 11.8 Å². The topological polar surface area (TPSA) is 132 Å². The highest BCUT2D eigenvalue weighted by molar-refractivity contribution is 9.12. The van der Waals surface area contributed by atoms with Crippen molar-refractivity contribution in [2.45, 2.75) is 18.8 Å². The van der Waals surface area contributed by atoms with E-state index in [0.717, 1.165) is 15.9 Å². The van der Waals surface area contributed by atoms with Crippen molar-refractivity contribution >= 4 is 68.4 Å². The number of halogens is 1. The summed E-state index contributed by atoms with van der Waals surface area (Å²) >= 11 is 3.23. The van der Waals surface area contributed by atoms with Gasteiger partial charge in [-0.15, -0.1) is 0 Å². The summed E-state index contributed by atoms with van der Waals surface area (Å²) in [5.41, 5.74) is 2.13. The number of hydrogen-bond acceptors (Lipinski definition) is 7. The van der Waals surface area contributed by atoms with Gasteiger partial charge in [0.25, 0.3) is 0 Å². The van der Waals surface area contributed by atoms with Gasteiger partial charge in [-0.3, -0.25) is 24.1 Å². The van der Waals surface area contributed by atoms with Gasteiger partial charge in [0.15, 0.2) is 11.6 Å². The Morgan fingerprint density at radius 1 is 0.905 bits per heavy atom. The molecule has 1 aliphatic heterocycles. The maximum Gasteiger partial charge on any atom is 0.488 e. The van der Waals surface area contributed by atoms with Gasteiger partial charge < -0.3 is 15.2 Å². The Balaban J connectivity index is 1.38. The summed E-state index contributed by atoms with van der Waals surface area (Å²) in [5.74, 6) is -4.37. The van der Waals surface area contributed by atoms with E-state index in [1.54, 1.807) is 24.3 Å². The maximum absolute atomic E-state index is 14.1. The van der Waals surface area contributed by atoms with Crippen LogP contribution in [0.25, 0.3) is 10.8 Å². The summed E-state index contributed by atoms with van der Waals surface area (Å²) in [4.78, 5) is 55.8. The van der Waals surface area contributed by atoms with E-state index < -0.39 is 42.6 Å². The smallest absolute Gasteiger partial charge is 0.488 e. The lowest BCUT2D eigenvalue weighted by Gasteiger charge is -2.42. The molecule has 0 spiro atoms. The molecule has 0 bridgehead atoms. The summed E-state index contributed by atoms with van der Waals surface area (Å²) in [6, 6.07) is 16.9. The number of ketones is 2. The van der Waals surface area contributed by atoms with E-state index >= 15 is 0 Å². The number of Topliss-reactive ketones (excluding diaryl/α,β-unsaturated/α-hetero) is 1. The van der Waals surface area contributed by atoms with Crippen LogP contribution in [0.4, 0.5) is 5.69 Å². The number of fused-ring (bicyclic) bond motifs is 4.